The fraction of sp³-hybridized carbons (Fsp3) is 0.531. The van der Waals surface area contributed by atoms with Crippen LogP contribution in [0.1, 0.15) is 98.3 Å². The van der Waals surface area contributed by atoms with Gasteiger partial charge in [-0.15, -0.1) is 0 Å². The molecule has 35 heavy (non-hydrogen) atoms. The number of rotatable bonds is 14. The predicted octanol–water partition coefficient (Wildman–Crippen LogP) is 9.39. The fourth-order valence-electron chi connectivity index (χ4n) is 4.60. The monoisotopic (exact) mass is 476 g/mol. The molecule has 0 fully saturated rings. The van der Waals surface area contributed by atoms with E-state index in [1.165, 1.54) is 62.1 Å². The molecule has 0 aliphatic heterocycles. The molecule has 0 N–H and O–H groups in total. The molecule has 3 aromatic rings. The van der Waals surface area contributed by atoms with Gasteiger partial charge in [-0.2, -0.15) is 0 Å². The van der Waals surface area contributed by atoms with Crippen LogP contribution in [-0.4, -0.2) is 17.7 Å². The second kappa shape index (κ2) is 13.5. The van der Waals surface area contributed by atoms with Gasteiger partial charge in [0, 0.05) is 5.39 Å². The maximum absolute atomic E-state index is 13.1. The largest absolute Gasteiger partial charge is 0.478 e. The molecule has 0 aliphatic carbocycles. The first-order chi connectivity index (χ1) is 16.9. The van der Waals surface area contributed by atoms with Crippen molar-refractivity contribution in [2.45, 2.75) is 110 Å². The van der Waals surface area contributed by atoms with Crippen molar-refractivity contribution in [3.8, 4) is 5.75 Å². The molecule has 3 nitrogen and oxygen atoms in total. The average molecular weight is 477 g/mol. The Labute approximate surface area is 212 Å². The molecule has 0 spiro atoms. The normalized spacial score (nSPS) is 12.7. The highest BCUT2D eigenvalue weighted by Gasteiger charge is 2.27. The Bertz CT molecular complexity index is 1060. The van der Waals surface area contributed by atoms with E-state index in [0.717, 1.165) is 29.4 Å². The molecule has 3 heteroatoms. The van der Waals surface area contributed by atoms with Gasteiger partial charge in [-0.1, -0.05) is 101 Å². The fourth-order valence-corrected chi connectivity index (χ4v) is 4.60. The number of hydrogen-bond acceptors (Lipinski definition) is 3. The summed E-state index contributed by atoms with van der Waals surface area (Å²) in [6, 6.07) is 18.7. The molecule has 0 saturated carbocycles. The maximum atomic E-state index is 13.1. The van der Waals surface area contributed by atoms with Crippen LogP contribution >= 0.6 is 0 Å². The smallest absolute Gasteiger partial charge is 0.347 e. The van der Waals surface area contributed by atoms with Crippen molar-refractivity contribution in [2.24, 2.45) is 0 Å². The summed E-state index contributed by atoms with van der Waals surface area (Å²) in [6.07, 6.45) is 12.7. The number of carbonyl (C=O) groups is 1. The Morgan fingerprint density at radius 1 is 0.743 bits per heavy atom. The van der Waals surface area contributed by atoms with Crippen LogP contribution in [0.3, 0.4) is 0 Å². The van der Waals surface area contributed by atoms with Gasteiger partial charge in [-0.25, -0.2) is 4.79 Å². The van der Waals surface area contributed by atoms with Crippen molar-refractivity contribution in [3.63, 3.8) is 0 Å². The molecular weight excluding hydrogens is 432 g/mol. The Kier molecular flexibility index (Phi) is 10.4. The van der Waals surface area contributed by atoms with Crippen molar-refractivity contribution >= 4 is 27.5 Å². The standard InChI is InChI=1S/C32H44O3/c1-5-6-7-8-9-10-11-12-13-14-21-30(31(33)35-32(2,3)4)34-29-22-17-20-27-23-25-18-15-16-19-26(25)24-28(27)29/h15-20,22-24,30H,5-14,21H2,1-4H3. The first kappa shape index (κ1) is 27.0. The van der Waals surface area contributed by atoms with Crippen molar-refractivity contribution in [1.29, 1.82) is 0 Å². The minimum absolute atomic E-state index is 0.272. The molecule has 3 aromatic carbocycles. The summed E-state index contributed by atoms with van der Waals surface area (Å²) >= 11 is 0. The first-order valence-electron chi connectivity index (χ1n) is 13.7. The topological polar surface area (TPSA) is 35.5 Å². The van der Waals surface area contributed by atoms with E-state index in [0.29, 0.717) is 6.42 Å². The van der Waals surface area contributed by atoms with Gasteiger partial charge in [0.05, 0.1) is 0 Å². The zero-order valence-electron chi connectivity index (χ0n) is 22.3. The van der Waals surface area contributed by atoms with E-state index in [9.17, 15) is 4.79 Å². The van der Waals surface area contributed by atoms with Crippen LogP contribution in [0.4, 0.5) is 0 Å². The number of carbonyl (C=O) groups excluding carboxylic acids is 1. The van der Waals surface area contributed by atoms with Crippen LogP contribution in [0.5, 0.6) is 5.75 Å². The summed E-state index contributed by atoms with van der Waals surface area (Å²) < 4.78 is 12.1. The summed E-state index contributed by atoms with van der Waals surface area (Å²) in [5.41, 5.74) is -0.536. The number of fused-ring (bicyclic) bond motifs is 2. The van der Waals surface area contributed by atoms with E-state index in [1.807, 2.05) is 39.0 Å². The van der Waals surface area contributed by atoms with Crippen molar-refractivity contribution < 1.29 is 14.3 Å². The summed E-state index contributed by atoms with van der Waals surface area (Å²) in [7, 11) is 0. The third kappa shape index (κ3) is 8.87. The van der Waals surface area contributed by atoms with Crippen LogP contribution in [-0.2, 0) is 9.53 Å². The number of benzene rings is 3. The highest BCUT2D eigenvalue weighted by atomic mass is 16.6. The van der Waals surface area contributed by atoms with Gasteiger partial charge in [0.15, 0.2) is 6.10 Å². The molecule has 0 radical (unpaired) electrons. The second-order valence-electron chi connectivity index (χ2n) is 10.8. The SMILES string of the molecule is CCCCCCCCCCCCC(Oc1cccc2cc3ccccc3cc12)C(=O)OC(C)(C)C. The van der Waals surface area contributed by atoms with Crippen LogP contribution < -0.4 is 4.74 Å². The first-order valence-corrected chi connectivity index (χ1v) is 13.7. The summed E-state index contributed by atoms with van der Waals surface area (Å²) in [5, 5.41) is 4.51. The molecule has 0 aliphatic rings. The quantitative estimate of drug-likeness (QED) is 0.132. The van der Waals surface area contributed by atoms with Gasteiger partial charge in [0.25, 0.3) is 0 Å². The molecule has 1 atom stereocenters. The van der Waals surface area contributed by atoms with Gasteiger partial charge in [0.1, 0.15) is 11.4 Å². The van der Waals surface area contributed by atoms with Crippen LogP contribution in [0, 0.1) is 0 Å². The van der Waals surface area contributed by atoms with E-state index in [2.05, 4.69) is 43.3 Å². The van der Waals surface area contributed by atoms with Gasteiger partial charge < -0.3 is 9.47 Å². The van der Waals surface area contributed by atoms with Crippen LogP contribution in [0.25, 0.3) is 21.5 Å². The lowest BCUT2D eigenvalue weighted by Crippen LogP contribution is -2.35. The highest BCUT2D eigenvalue weighted by Crippen LogP contribution is 2.31. The van der Waals surface area contributed by atoms with Gasteiger partial charge in [0.2, 0.25) is 0 Å². The lowest BCUT2D eigenvalue weighted by atomic mass is 10.0. The summed E-state index contributed by atoms with van der Waals surface area (Å²) in [5.74, 6) is 0.474. The van der Waals surface area contributed by atoms with Crippen molar-refractivity contribution in [2.75, 3.05) is 0 Å². The highest BCUT2D eigenvalue weighted by molar-refractivity contribution is 6.01. The van der Waals surface area contributed by atoms with E-state index in [1.54, 1.807) is 0 Å². The Morgan fingerprint density at radius 2 is 1.31 bits per heavy atom. The molecule has 0 aromatic heterocycles. The van der Waals surface area contributed by atoms with Crippen LogP contribution in [0.2, 0.25) is 0 Å². The molecule has 1 unspecified atom stereocenters. The molecule has 3 rings (SSSR count). The Balaban J connectivity index is 1.62. The molecule has 0 bridgehead atoms. The summed E-state index contributed by atoms with van der Waals surface area (Å²) in [4.78, 5) is 13.1. The second-order valence-corrected chi connectivity index (χ2v) is 10.8. The molecule has 190 valence electrons. The lowest BCUT2D eigenvalue weighted by molar-refractivity contribution is -0.163. The van der Waals surface area contributed by atoms with Crippen molar-refractivity contribution in [3.05, 3.63) is 54.6 Å². The number of ether oxygens (including phenoxy) is 2. The van der Waals surface area contributed by atoms with Gasteiger partial charge in [-0.3, -0.25) is 0 Å². The van der Waals surface area contributed by atoms with Gasteiger partial charge >= 0.3 is 5.97 Å². The zero-order valence-corrected chi connectivity index (χ0v) is 22.3. The molecule has 0 heterocycles. The molecule has 0 saturated heterocycles. The third-order valence-electron chi connectivity index (χ3n) is 6.47. The minimum atomic E-state index is -0.597. The van der Waals surface area contributed by atoms with E-state index in [4.69, 9.17) is 9.47 Å². The maximum Gasteiger partial charge on any atom is 0.347 e. The predicted molar refractivity (Wildman–Crippen MR) is 148 cm³/mol. The van der Waals surface area contributed by atoms with E-state index in [-0.39, 0.29) is 5.97 Å². The minimum Gasteiger partial charge on any atom is -0.478 e. The number of unbranched alkanes of at least 4 members (excludes halogenated alkanes) is 9. The lowest BCUT2D eigenvalue weighted by Gasteiger charge is -2.25. The zero-order chi connectivity index (χ0) is 25.1. The van der Waals surface area contributed by atoms with Crippen molar-refractivity contribution in [1.82, 2.24) is 0 Å². The van der Waals surface area contributed by atoms with E-state index < -0.39 is 11.7 Å². The third-order valence-corrected chi connectivity index (χ3v) is 6.47. The summed E-state index contributed by atoms with van der Waals surface area (Å²) in [6.45, 7) is 7.99. The van der Waals surface area contributed by atoms with Gasteiger partial charge in [-0.05, 0) is 68.0 Å². The molecular formula is C32H44O3. The Hall–Kier alpha value is -2.55. The van der Waals surface area contributed by atoms with Crippen LogP contribution in [0.15, 0.2) is 54.6 Å². The Morgan fingerprint density at radius 3 is 1.94 bits per heavy atom. The average Bonchev–Trinajstić information content (AvgIpc) is 2.82. The molecule has 0 amide bonds. The number of hydrogen-bond donors (Lipinski definition) is 0. The van der Waals surface area contributed by atoms with E-state index >= 15 is 0 Å². The number of esters is 1.